The molecule has 1 N–H and O–H groups in total. The van der Waals surface area contributed by atoms with E-state index in [0.29, 0.717) is 18.7 Å². The summed E-state index contributed by atoms with van der Waals surface area (Å²) in [5.41, 5.74) is 1.65. The van der Waals surface area contributed by atoms with Crippen LogP contribution in [0.1, 0.15) is 27.7 Å². The fourth-order valence-corrected chi connectivity index (χ4v) is 2.76. The first kappa shape index (κ1) is 16.2. The summed E-state index contributed by atoms with van der Waals surface area (Å²) in [6, 6.07) is 11.3. The number of nitrogens with one attached hydrogen (secondary N) is 1. The number of likely N-dealkylation sites (N-methyl/N-ethyl adjacent to an activating group) is 1. The lowest BCUT2D eigenvalue weighted by molar-refractivity contribution is -0.121. The third kappa shape index (κ3) is 4.43. The number of benzene rings is 1. The second-order valence-corrected chi connectivity index (χ2v) is 6.08. The quantitative estimate of drug-likeness (QED) is 0.891. The van der Waals surface area contributed by atoms with E-state index in [1.165, 1.54) is 0 Å². The molecule has 116 valence electrons. The van der Waals surface area contributed by atoms with E-state index in [9.17, 15) is 9.59 Å². The van der Waals surface area contributed by atoms with Gasteiger partial charge in [0.15, 0.2) is 0 Å². The zero-order chi connectivity index (χ0) is 15.9. The Labute approximate surface area is 134 Å². The van der Waals surface area contributed by atoms with Gasteiger partial charge in [-0.2, -0.15) is 0 Å². The second kappa shape index (κ2) is 7.75. The van der Waals surface area contributed by atoms with Crippen LogP contribution >= 0.6 is 11.3 Å². The molecule has 1 aromatic heterocycles. The minimum Gasteiger partial charge on any atom is -0.350 e. The Morgan fingerprint density at radius 3 is 2.68 bits per heavy atom. The summed E-state index contributed by atoms with van der Waals surface area (Å²) < 4.78 is 0. The van der Waals surface area contributed by atoms with Crippen molar-refractivity contribution < 1.29 is 9.59 Å². The number of amides is 2. The lowest BCUT2D eigenvalue weighted by atomic mass is 10.1. The van der Waals surface area contributed by atoms with Gasteiger partial charge < -0.3 is 10.2 Å². The largest absolute Gasteiger partial charge is 0.350 e. The smallest absolute Gasteiger partial charge is 0.254 e. The minimum atomic E-state index is -0.142. The lowest BCUT2D eigenvalue weighted by Gasteiger charge is -2.20. The van der Waals surface area contributed by atoms with Crippen LogP contribution in [0.15, 0.2) is 41.8 Å². The molecule has 0 unspecified atom stereocenters. The van der Waals surface area contributed by atoms with E-state index in [2.05, 4.69) is 5.32 Å². The average Bonchev–Trinajstić information content (AvgIpc) is 3.03. The predicted octanol–water partition coefficient (Wildman–Crippen LogP) is 2.84. The monoisotopic (exact) mass is 316 g/mol. The third-order valence-corrected chi connectivity index (χ3v) is 4.18. The van der Waals surface area contributed by atoms with E-state index in [1.807, 2.05) is 49.6 Å². The lowest BCUT2D eigenvalue weighted by Crippen LogP contribution is -2.40. The molecule has 2 amide bonds. The summed E-state index contributed by atoms with van der Waals surface area (Å²) in [6.45, 7) is 4.90. The summed E-state index contributed by atoms with van der Waals surface area (Å²) in [5.74, 6) is -0.256. The van der Waals surface area contributed by atoms with Gasteiger partial charge in [-0.15, -0.1) is 11.3 Å². The first-order valence-electron chi connectivity index (χ1n) is 7.25. The molecule has 0 atom stereocenters. The Kier molecular flexibility index (Phi) is 5.72. The van der Waals surface area contributed by atoms with Crippen LogP contribution in [0.2, 0.25) is 0 Å². The Hall–Kier alpha value is -2.14. The molecule has 4 nitrogen and oxygen atoms in total. The number of aryl methyl sites for hydroxylation is 1. The molecule has 5 heteroatoms. The van der Waals surface area contributed by atoms with E-state index in [4.69, 9.17) is 0 Å². The Bertz CT molecular complexity index is 638. The first-order chi connectivity index (χ1) is 10.6. The Morgan fingerprint density at radius 1 is 1.23 bits per heavy atom. The van der Waals surface area contributed by atoms with Crippen LogP contribution in [0.5, 0.6) is 0 Å². The molecule has 0 spiro atoms. The van der Waals surface area contributed by atoms with E-state index < -0.39 is 0 Å². The van der Waals surface area contributed by atoms with Crippen molar-refractivity contribution in [1.29, 1.82) is 0 Å². The van der Waals surface area contributed by atoms with Crippen LogP contribution in [0.3, 0.4) is 0 Å². The molecule has 0 aliphatic heterocycles. The molecule has 0 aliphatic carbocycles. The van der Waals surface area contributed by atoms with Crippen molar-refractivity contribution in [3.05, 3.63) is 57.8 Å². The molecule has 0 bridgehead atoms. The minimum absolute atomic E-state index is 0.0780. The van der Waals surface area contributed by atoms with Crippen molar-refractivity contribution in [2.45, 2.75) is 20.4 Å². The zero-order valence-electron chi connectivity index (χ0n) is 12.8. The summed E-state index contributed by atoms with van der Waals surface area (Å²) in [6.07, 6.45) is 0. The maximum absolute atomic E-state index is 12.4. The molecular weight excluding hydrogens is 296 g/mol. The van der Waals surface area contributed by atoms with Gasteiger partial charge in [0.25, 0.3) is 5.91 Å². The van der Waals surface area contributed by atoms with Gasteiger partial charge in [-0.1, -0.05) is 23.8 Å². The van der Waals surface area contributed by atoms with Crippen molar-refractivity contribution >= 4 is 23.2 Å². The number of carbonyl (C=O) groups is 2. The standard InChI is InChI=1S/C17H20N2O2S/c1-3-19(17(21)14-7-4-6-13(2)10-14)12-16(20)18-11-15-8-5-9-22-15/h4-10H,3,11-12H2,1-2H3,(H,18,20). The average molecular weight is 316 g/mol. The maximum atomic E-state index is 12.4. The SMILES string of the molecule is CCN(CC(=O)NCc1cccs1)C(=O)c1cccc(C)c1. The maximum Gasteiger partial charge on any atom is 0.254 e. The fourth-order valence-electron chi connectivity index (χ4n) is 2.12. The Morgan fingerprint density at radius 2 is 2.05 bits per heavy atom. The normalized spacial score (nSPS) is 10.3. The van der Waals surface area contributed by atoms with Crippen molar-refractivity contribution in [2.24, 2.45) is 0 Å². The van der Waals surface area contributed by atoms with Gasteiger partial charge in [-0.3, -0.25) is 9.59 Å². The van der Waals surface area contributed by atoms with Crippen molar-refractivity contribution in [3.63, 3.8) is 0 Å². The number of hydrogen-bond donors (Lipinski definition) is 1. The van der Waals surface area contributed by atoms with Gasteiger partial charge in [0.05, 0.1) is 13.1 Å². The van der Waals surface area contributed by atoms with Gasteiger partial charge in [0.2, 0.25) is 5.91 Å². The summed E-state index contributed by atoms with van der Waals surface area (Å²) in [5, 5.41) is 4.82. The summed E-state index contributed by atoms with van der Waals surface area (Å²) in [7, 11) is 0. The molecule has 2 rings (SSSR count). The van der Waals surface area contributed by atoms with Gasteiger partial charge in [0.1, 0.15) is 0 Å². The van der Waals surface area contributed by atoms with Crippen LogP contribution < -0.4 is 5.32 Å². The van der Waals surface area contributed by atoms with Gasteiger partial charge in [-0.25, -0.2) is 0 Å². The molecule has 0 saturated carbocycles. The molecule has 0 radical (unpaired) electrons. The number of carbonyl (C=O) groups excluding carboxylic acids is 2. The predicted molar refractivity (Wildman–Crippen MR) is 88.9 cm³/mol. The highest BCUT2D eigenvalue weighted by Gasteiger charge is 2.17. The first-order valence-corrected chi connectivity index (χ1v) is 8.13. The van der Waals surface area contributed by atoms with Gasteiger partial charge in [0, 0.05) is 17.0 Å². The van der Waals surface area contributed by atoms with Gasteiger partial charge >= 0.3 is 0 Å². The molecule has 22 heavy (non-hydrogen) atoms. The fraction of sp³-hybridized carbons (Fsp3) is 0.294. The van der Waals surface area contributed by atoms with Crippen LogP contribution in [-0.4, -0.2) is 29.8 Å². The highest BCUT2D eigenvalue weighted by Crippen LogP contribution is 2.09. The molecular formula is C17H20N2O2S. The molecule has 1 aromatic carbocycles. The van der Waals surface area contributed by atoms with E-state index >= 15 is 0 Å². The van der Waals surface area contributed by atoms with Crippen LogP contribution in [-0.2, 0) is 11.3 Å². The molecule has 0 saturated heterocycles. The highest BCUT2D eigenvalue weighted by atomic mass is 32.1. The van der Waals surface area contributed by atoms with E-state index in [1.54, 1.807) is 22.3 Å². The van der Waals surface area contributed by atoms with E-state index in [-0.39, 0.29) is 18.4 Å². The summed E-state index contributed by atoms with van der Waals surface area (Å²) in [4.78, 5) is 27.1. The number of thiophene rings is 1. The highest BCUT2D eigenvalue weighted by molar-refractivity contribution is 7.09. The molecule has 0 fully saturated rings. The number of rotatable bonds is 6. The Balaban J connectivity index is 1.93. The molecule has 0 aliphatic rings. The number of nitrogens with zero attached hydrogens (tertiary/aromatic N) is 1. The molecule has 2 aromatic rings. The topological polar surface area (TPSA) is 49.4 Å². The number of hydrogen-bond acceptors (Lipinski definition) is 3. The molecule has 1 heterocycles. The van der Waals surface area contributed by atoms with Crippen LogP contribution in [0.25, 0.3) is 0 Å². The van der Waals surface area contributed by atoms with Crippen molar-refractivity contribution in [1.82, 2.24) is 10.2 Å². The van der Waals surface area contributed by atoms with Crippen LogP contribution in [0, 0.1) is 6.92 Å². The van der Waals surface area contributed by atoms with Gasteiger partial charge in [-0.05, 0) is 37.4 Å². The third-order valence-electron chi connectivity index (χ3n) is 3.31. The van der Waals surface area contributed by atoms with E-state index in [0.717, 1.165) is 10.4 Å². The second-order valence-electron chi connectivity index (χ2n) is 5.04. The summed E-state index contributed by atoms with van der Waals surface area (Å²) >= 11 is 1.60. The zero-order valence-corrected chi connectivity index (χ0v) is 13.7. The van der Waals surface area contributed by atoms with Crippen molar-refractivity contribution in [2.75, 3.05) is 13.1 Å². The van der Waals surface area contributed by atoms with Crippen LogP contribution in [0.4, 0.5) is 0 Å². The van der Waals surface area contributed by atoms with Crippen molar-refractivity contribution in [3.8, 4) is 0 Å².